The van der Waals surface area contributed by atoms with Gasteiger partial charge in [0.25, 0.3) is 10.2 Å². The first-order chi connectivity index (χ1) is 13.9. The molecular weight excluding hydrogens is 388 g/mol. The van der Waals surface area contributed by atoms with Crippen molar-refractivity contribution in [2.75, 3.05) is 38.5 Å². The minimum absolute atomic E-state index is 0.106. The van der Waals surface area contributed by atoms with E-state index >= 15 is 0 Å². The van der Waals surface area contributed by atoms with E-state index in [0.717, 1.165) is 44.2 Å². The number of carbonyl (C=O) groups is 1. The number of hydrogen-bond donors (Lipinski definition) is 1. The lowest BCUT2D eigenvalue weighted by molar-refractivity contribution is 0.178. The van der Waals surface area contributed by atoms with Gasteiger partial charge >= 0.3 is 6.03 Å². The fourth-order valence-corrected chi connectivity index (χ4v) is 6.37. The molecule has 4 rings (SSSR count). The van der Waals surface area contributed by atoms with E-state index in [1.54, 1.807) is 16.3 Å². The number of fused-ring (bicyclic) bond motifs is 1. The highest BCUT2D eigenvalue weighted by molar-refractivity contribution is 7.86. The first-order valence-corrected chi connectivity index (χ1v) is 12.3. The van der Waals surface area contributed by atoms with Crippen molar-refractivity contribution in [2.45, 2.75) is 57.4 Å². The number of piperazine rings is 1. The summed E-state index contributed by atoms with van der Waals surface area (Å²) in [6.45, 7) is 1.51. The highest BCUT2D eigenvalue weighted by Crippen LogP contribution is 2.26. The molecule has 1 N–H and O–H groups in total. The molecule has 8 heteroatoms. The monoisotopic (exact) mass is 420 g/mol. The molecule has 1 heterocycles. The highest BCUT2D eigenvalue weighted by Gasteiger charge is 2.35. The Bertz CT molecular complexity index is 843. The van der Waals surface area contributed by atoms with Gasteiger partial charge < -0.3 is 10.2 Å². The molecule has 1 aliphatic heterocycles. The number of nitrogens with zero attached hydrogens (tertiary/aromatic N) is 3. The van der Waals surface area contributed by atoms with Crippen LogP contribution in [0.4, 0.5) is 10.5 Å². The summed E-state index contributed by atoms with van der Waals surface area (Å²) in [5.41, 5.74) is 3.52. The van der Waals surface area contributed by atoms with Gasteiger partial charge in [0.15, 0.2) is 0 Å². The zero-order chi connectivity index (χ0) is 20.4. The van der Waals surface area contributed by atoms with Gasteiger partial charge in [0.2, 0.25) is 0 Å². The van der Waals surface area contributed by atoms with Crippen molar-refractivity contribution in [1.29, 1.82) is 0 Å². The minimum atomic E-state index is -3.47. The maximum atomic E-state index is 13.0. The van der Waals surface area contributed by atoms with Crippen molar-refractivity contribution in [3.8, 4) is 0 Å². The van der Waals surface area contributed by atoms with E-state index in [0.29, 0.717) is 26.2 Å². The molecule has 2 fully saturated rings. The quantitative estimate of drug-likeness (QED) is 0.814. The second-order valence-electron chi connectivity index (χ2n) is 8.47. The molecule has 1 saturated heterocycles. The molecule has 0 atom stereocenters. The molecule has 7 nitrogen and oxygen atoms in total. The van der Waals surface area contributed by atoms with E-state index in [2.05, 4.69) is 17.4 Å². The van der Waals surface area contributed by atoms with Gasteiger partial charge in [-0.25, -0.2) is 4.79 Å². The fourth-order valence-electron chi connectivity index (χ4n) is 4.79. The standard InChI is InChI=1S/C21H32N4O3S/c1-23(20-8-3-2-4-9-20)29(27,28)25-14-12-24(13-15-25)21(26)22-19-11-10-17-6-5-7-18(17)16-19/h10-11,16,20H,2-9,12-15H2,1H3,(H,22,26). The van der Waals surface area contributed by atoms with Crippen molar-refractivity contribution in [3.63, 3.8) is 0 Å². The van der Waals surface area contributed by atoms with Crippen LogP contribution in [0.5, 0.6) is 0 Å². The SMILES string of the molecule is CN(C1CCCCC1)S(=O)(=O)N1CCN(C(=O)Nc2ccc3c(c2)CCC3)CC1. The van der Waals surface area contributed by atoms with Crippen molar-refractivity contribution in [3.05, 3.63) is 29.3 Å². The summed E-state index contributed by atoms with van der Waals surface area (Å²) in [5, 5.41) is 2.98. The van der Waals surface area contributed by atoms with Crippen LogP contribution in [0.15, 0.2) is 18.2 Å². The summed E-state index contributed by atoms with van der Waals surface area (Å²) in [6.07, 6.45) is 8.65. The fraction of sp³-hybridized carbons (Fsp3) is 0.667. The Hall–Kier alpha value is -1.64. The van der Waals surface area contributed by atoms with E-state index in [-0.39, 0.29) is 12.1 Å². The zero-order valence-corrected chi connectivity index (χ0v) is 18.1. The molecule has 0 radical (unpaired) electrons. The molecule has 2 amide bonds. The average molecular weight is 421 g/mol. The van der Waals surface area contributed by atoms with Crippen molar-refractivity contribution in [2.24, 2.45) is 0 Å². The van der Waals surface area contributed by atoms with E-state index < -0.39 is 10.2 Å². The van der Waals surface area contributed by atoms with Crippen LogP contribution in [0.25, 0.3) is 0 Å². The van der Waals surface area contributed by atoms with Crippen LogP contribution in [0.2, 0.25) is 0 Å². The molecule has 160 valence electrons. The predicted octanol–water partition coefficient (Wildman–Crippen LogP) is 2.83. The Morgan fingerprint density at radius 3 is 2.41 bits per heavy atom. The summed E-state index contributed by atoms with van der Waals surface area (Å²) in [7, 11) is -1.76. The number of amides is 2. The van der Waals surface area contributed by atoms with Gasteiger partial charge in [-0.3, -0.25) is 0 Å². The average Bonchev–Trinajstić information content (AvgIpc) is 3.22. The van der Waals surface area contributed by atoms with E-state index in [1.807, 2.05) is 6.07 Å². The molecule has 29 heavy (non-hydrogen) atoms. The van der Waals surface area contributed by atoms with Gasteiger partial charge in [0, 0.05) is 45.0 Å². The van der Waals surface area contributed by atoms with Crippen molar-refractivity contribution >= 4 is 21.9 Å². The van der Waals surface area contributed by atoms with Gasteiger partial charge in [0.1, 0.15) is 0 Å². The molecule has 3 aliphatic rings. The summed E-state index contributed by atoms with van der Waals surface area (Å²) in [4.78, 5) is 14.3. The van der Waals surface area contributed by atoms with E-state index in [1.165, 1.54) is 28.3 Å². The first kappa shape index (κ1) is 20.6. The molecule has 0 spiro atoms. The molecule has 1 aromatic rings. The lowest BCUT2D eigenvalue weighted by Gasteiger charge is -2.38. The summed E-state index contributed by atoms with van der Waals surface area (Å²) in [6, 6.07) is 6.08. The normalized spacial score (nSPS) is 21.4. The van der Waals surface area contributed by atoms with E-state index in [4.69, 9.17) is 0 Å². The summed E-state index contributed by atoms with van der Waals surface area (Å²) in [5.74, 6) is 0. The maximum Gasteiger partial charge on any atom is 0.321 e. The topological polar surface area (TPSA) is 73.0 Å². The van der Waals surface area contributed by atoms with Gasteiger partial charge in [-0.15, -0.1) is 0 Å². The lowest BCUT2D eigenvalue weighted by Crippen LogP contribution is -2.55. The van der Waals surface area contributed by atoms with Gasteiger partial charge in [-0.05, 0) is 55.4 Å². The maximum absolute atomic E-state index is 13.0. The van der Waals surface area contributed by atoms with Crippen LogP contribution in [0.1, 0.15) is 49.7 Å². The van der Waals surface area contributed by atoms with Crippen LogP contribution in [-0.4, -0.2) is 67.2 Å². The van der Waals surface area contributed by atoms with Crippen molar-refractivity contribution in [1.82, 2.24) is 13.5 Å². The van der Waals surface area contributed by atoms with Crippen LogP contribution in [0, 0.1) is 0 Å². The number of carbonyl (C=O) groups excluding carboxylic acids is 1. The van der Waals surface area contributed by atoms with Gasteiger partial charge in [-0.2, -0.15) is 17.0 Å². The molecule has 1 aromatic carbocycles. The number of rotatable bonds is 4. The van der Waals surface area contributed by atoms with Crippen LogP contribution >= 0.6 is 0 Å². The Morgan fingerprint density at radius 2 is 1.69 bits per heavy atom. The Morgan fingerprint density at radius 1 is 1.00 bits per heavy atom. The summed E-state index contributed by atoms with van der Waals surface area (Å²) < 4.78 is 29.1. The Labute approximate surface area is 174 Å². The number of benzene rings is 1. The third kappa shape index (κ3) is 4.44. The number of aryl methyl sites for hydroxylation is 2. The predicted molar refractivity (Wildman–Crippen MR) is 114 cm³/mol. The Balaban J connectivity index is 1.32. The minimum Gasteiger partial charge on any atom is -0.322 e. The first-order valence-electron chi connectivity index (χ1n) is 10.9. The number of hydrogen-bond acceptors (Lipinski definition) is 3. The molecule has 0 aromatic heterocycles. The molecular formula is C21H32N4O3S. The number of urea groups is 1. The second-order valence-corrected chi connectivity index (χ2v) is 10.5. The van der Waals surface area contributed by atoms with Gasteiger partial charge in [-0.1, -0.05) is 25.3 Å². The number of nitrogens with one attached hydrogen (secondary N) is 1. The zero-order valence-electron chi connectivity index (χ0n) is 17.3. The van der Waals surface area contributed by atoms with Crippen molar-refractivity contribution < 1.29 is 13.2 Å². The lowest BCUT2D eigenvalue weighted by atomic mass is 9.96. The third-order valence-electron chi connectivity index (χ3n) is 6.65. The smallest absolute Gasteiger partial charge is 0.321 e. The van der Waals surface area contributed by atoms with E-state index in [9.17, 15) is 13.2 Å². The molecule has 0 bridgehead atoms. The number of anilines is 1. The highest BCUT2D eigenvalue weighted by atomic mass is 32.2. The van der Waals surface area contributed by atoms with Crippen LogP contribution in [-0.2, 0) is 23.1 Å². The molecule has 2 aliphatic carbocycles. The second kappa shape index (κ2) is 8.62. The van der Waals surface area contributed by atoms with Crippen LogP contribution in [0.3, 0.4) is 0 Å². The van der Waals surface area contributed by atoms with Crippen LogP contribution < -0.4 is 5.32 Å². The molecule has 1 saturated carbocycles. The third-order valence-corrected chi connectivity index (χ3v) is 8.70. The van der Waals surface area contributed by atoms with Gasteiger partial charge in [0.05, 0.1) is 0 Å². The molecule has 0 unspecified atom stereocenters. The largest absolute Gasteiger partial charge is 0.322 e. The Kier molecular flexibility index (Phi) is 6.13. The summed E-state index contributed by atoms with van der Waals surface area (Å²) >= 11 is 0.